The summed E-state index contributed by atoms with van der Waals surface area (Å²) >= 11 is 0. The Bertz CT molecular complexity index is 571. The Morgan fingerprint density at radius 2 is 1.96 bits per heavy atom. The van der Waals surface area contributed by atoms with Gasteiger partial charge < -0.3 is 19.7 Å². The molecule has 0 aliphatic carbocycles. The Kier molecular flexibility index (Phi) is 8.43. The zero-order valence-corrected chi connectivity index (χ0v) is 13.8. The molecule has 6 nitrogen and oxygen atoms in total. The Balaban J connectivity index is 2.81. The predicted molar refractivity (Wildman–Crippen MR) is 88.8 cm³/mol. The van der Waals surface area contributed by atoms with Crippen molar-refractivity contribution in [2.75, 3.05) is 45.8 Å². The lowest BCUT2D eigenvalue weighted by Gasteiger charge is -2.20. The zero-order valence-electron chi connectivity index (χ0n) is 13.8. The Morgan fingerprint density at radius 3 is 2.48 bits per heavy atom. The van der Waals surface area contributed by atoms with Crippen molar-refractivity contribution in [2.45, 2.75) is 6.92 Å². The zero-order chi connectivity index (χ0) is 17.1. The molecule has 0 aliphatic heterocycles. The predicted octanol–water partition coefficient (Wildman–Crippen LogP) is 1.94. The van der Waals surface area contributed by atoms with Gasteiger partial charge in [0.1, 0.15) is 11.6 Å². The average Bonchev–Trinajstić information content (AvgIpc) is 2.54. The molecular formula is C17H23N3O3. The maximum Gasteiger partial charge on any atom is 0.267 e. The number of aryl methyl sites for hydroxylation is 1. The number of carbonyl (C=O) groups is 1. The summed E-state index contributed by atoms with van der Waals surface area (Å²) in [6, 6.07) is 9.37. The van der Waals surface area contributed by atoms with E-state index in [4.69, 9.17) is 9.47 Å². The van der Waals surface area contributed by atoms with Crippen LogP contribution in [0, 0.1) is 18.3 Å². The van der Waals surface area contributed by atoms with Crippen LogP contribution in [-0.4, -0.2) is 51.3 Å². The number of nitrogens with zero attached hydrogens (tertiary/aromatic N) is 2. The molecule has 0 heterocycles. The summed E-state index contributed by atoms with van der Waals surface area (Å²) < 4.78 is 10.1. The minimum absolute atomic E-state index is 0.0405. The van der Waals surface area contributed by atoms with Gasteiger partial charge in [0.2, 0.25) is 0 Å². The topological polar surface area (TPSA) is 74.6 Å². The molecule has 124 valence electrons. The number of methoxy groups -OCH3 is 2. The molecule has 0 saturated carbocycles. The van der Waals surface area contributed by atoms with Gasteiger partial charge in [-0.25, -0.2) is 0 Å². The summed E-state index contributed by atoms with van der Waals surface area (Å²) in [5.74, 6) is -0.432. The number of amides is 1. The number of nitrogens with one attached hydrogen (secondary N) is 1. The highest BCUT2D eigenvalue weighted by molar-refractivity contribution is 6.06. The van der Waals surface area contributed by atoms with E-state index >= 15 is 0 Å². The summed E-state index contributed by atoms with van der Waals surface area (Å²) in [7, 11) is 3.21. The molecule has 1 aromatic carbocycles. The fraction of sp³-hybridized carbons (Fsp3) is 0.412. The largest absolute Gasteiger partial charge is 0.383 e. The van der Waals surface area contributed by atoms with E-state index in [1.165, 1.54) is 0 Å². The SMILES string of the molecule is COCCN(/C=C(/C#N)C(=O)Nc1cccc(C)c1)CCOC. The first kappa shape index (κ1) is 18.7. The van der Waals surface area contributed by atoms with Crippen LogP contribution < -0.4 is 5.32 Å². The molecule has 23 heavy (non-hydrogen) atoms. The van der Waals surface area contributed by atoms with Crippen molar-refractivity contribution in [1.29, 1.82) is 5.26 Å². The van der Waals surface area contributed by atoms with E-state index in [9.17, 15) is 10.1 Å². The Labute approximate surface area is 137 Å². The van der Waals surface area contributed by atoms with Crippen molar-refractivity contribution >= 4 is 11.6 Å². The summed E-state index contributed by atoms with van der Waals surface area (Å²) in [6.45, 7) is 4.08. The van der Waals surface area contributed by atoms with Crippen LogP contribution in [0.1, 0.15) is 5.56 Å². The van der Waals surface area contributed by atoms with Crippen LogP contribution in [0.2, 0.25) is 0 Å². The number of benzene rings is 1. The number of nitriles is 1. The molecule has 1 rings (SSSR count). The smallest absolute Gasteiger partial charge is 0.267 e. The molecule has 6 heteroatoms. The highest BCUT2D eigenvalue weighted by Crippen LogP contribution is 2.11. The number of ether oxygens (including phenoxy) is 2. The molecule has 1 N–H and O–H groups in total. The Hall–Kier alpha value is -2.36. The van der Waals surface area contributed by atoms with Crippen LogP contribution >= 0.6 is 0 Å². The standard InChI is InChI=1S/C17H23N3O3/c1-14-5-4-6-16(11-14)19-17(21)15(12-18)13-20(7-9-22-2)8-10-23-3/h4-6,11,13H,7-10H2,1-3H3,(H,19,21)/b15-13-. The van der Waals surface area contributed by atoms with E-state index in [1.807, 2.05) is 36.1 Å². The van der Waals surface area contributed by atoms with E-state index in [1.54, 1.807) is 26.5 Å². The summed E-state index contributed by atoms with van der Waals surface area (Å²) in [6.07, 6.45) is 1.54. The van der Waals surface area contributed by atoms with Crippen molar-refractivity contribution in [3.8, 4) is 6.07 Å². The van der Waals surface area contributed by atoms with Crippen molar-refractivity contribution in [3.05, 3.63) is 41.6 Å². The molecule has 0 unspecified atom stereocenters. The van der Waals surface area contributed by atoms with Gasteiger partial charge in [-0.05, 0) is 24.6 Å². The third-order valence-electron chi connectivity index (χ3n) is 3.12. The first-order valence-corrected chi connectivity index (χ1v) is 7.32. The van der Waals surface area contributed by atoms with Crippen LogP contribution in [-0.2, 0) is 14.3 Å². The van der Waals surface area contributed by atoms with E-state index in [-0.39, 0.29) is 5.57 Å². The fourth-order valence-electron chi connectivity index (χ4n) is 1.90. The van der Waals surface area contributed by atoms with E-state index in [0.717, 1.165) is 5.56 Å². The number of carbonyl (C=O) groups excluding carboxylic acids is 1. The van der Waals surface area contributed by atoms with Gasteiger partial charge in [-0.3, -0.25) is 4.79 Å². The van der Waals surface area contributed by atoms with Gasteiger partial charge >= 0.3 is 0 Å². The van der Waals surface area contributed by atoms with Gasteiger partial charge in [0, 0.05) is 39.2 Å². The number of rotatable bonds is 9. The summed E-state index contributed by atoms with van der Waals surface area (Å²) in [5, 5.41) is 12.0. The molecule has 0 fully saturated rings. The quantitative estimate of drug-likeness (QED) is 0.556. The fourth-order valence-corrected chi connectivity index (χ4v) is 1.90. The van der Waals surface area contributed by atoms with E-state index in [2.05, 4.69) is 5.32 Å². The minimum atomic E-state index is -0.432. The van der Waals surface area contributed by atoms with Gasteiger partial charge in [0.15, 0.2) is 0 Å². The first-order valence-electron chi connectivity index (χ1n) is 7.32. The van der Waals surface area contributed by atoms with E-state index < -0.39 is 5.91 Å². The molecule has 0 saturated heterocycles. The second-order valence-corrected chi connectivity index (χ2v) is 5.00. The molecule has 0 aromatic heterocycles. The molecule has 0 atom stereocenters. The first-order chi connectivity index (χ1) is 11.1. The maximum atomic E-state index is 12.2. The lowest BCUT2D eigenvalue weighted by Crippen LogP contribution is -2.27. The van der Waals surface area contributed by atoms with Gasteiger partial charge in [-0.2, -0.15) is 5.26 Å². The molecular weight excluding hydrogens is 294 g/mol. The Morgan fingerprint density at radius 1 is 1.30 bits per heavy atom. The third kappa shape index (κ3) is 6.96. The van der Waals surface area contributed by atoms with E-state index in [0.29, 0.717) is 32.0 Å². The molecule has 1 aromatic rings. The van der Waals surface area contributed by atoms with Crippen LogP contribution in [0.4, 0.5) is 5.69 Å². The molecule has 1 amide bonds. The number of hydrogen-bond donors (Lipinski definition) is 1. The lowest BCUT2D eigenvalue weighted by atomic mass is 10.2. The third-order valence-corrected chi connectivity index (χ3v) is 3.12. The summed E-state index contributed by atoms with van der Waals surface area (Å²) in [5.41, 5.74) is 1.74. The van der Waals surface area contributed by atoms with Crippen molar-refractivity contribution in [1.82, 2.24) is 4.90 Å². The molecule has 0 bridgehead atoms. The maximum absolute atomic E-state index is 12.2. The number of anilines is 1. The molecule has 0 radical (unpaired) electrons. The van der Waals surface area contributed by atoms with Gasteiger partial charge in [0.05, 0.1) is 13.2 Å². The molecule has 0 aliphatic rings. The second kappa shape index (κ2) is 10.4. The van der Waals surface area contributed by atoms with Gasteiger partial charge in [-0.1, -0.05) is 12.1 Å². The van der Waals surface area contributed by atoms with Gasteiger partial charge in [-0.15, -0.1) is 0 Å². The van der Waals surface area contributed by atoms with Gasteiger partial charge in [0.25, 0.3) is 5.91 Å². The van der Waals surface area contributed by atoms with Crippen LogP contribution in [0.3, 0.4) is 0 Å². The van der Waals surface area contributed by atoms with Crippen molar-refractivity contribution in [3.63, 3.8) is 0 Å². The normalized spacial score (nSPS) is 11.0. The highest BCUT2D eigenvalue weighted by Gasteiger charge is 2.12. The highest BCUT2D eigenvalue weighted by atomic mass is 16.5. The van der Waals surface area contributed by atoms with Crippen LogP contribution in [0.5, 0.6) is 0 Å². The number of hydrogen-bond acceptors (Lipinski definition) is 5. The van der Waals surface area contributed by atoms with Crippen molar-refractivity contribution in [2.24, 2.45) is 0 Å². The van der Waals surface area contributed by atoms with Crippen LogP contribution in [0.15, 0.2) is 36.0 Å². The average molecular weight is 317 g/mol. The minimum Gasteiger partial charge on any atom is -0.383 e. The second-order valence-electron chi connectivity index (χ2n) is 5.00. The summed E-state index contributed by atoms with van der Waals surface area (Å²) in [4.78, 5) is 14.1. The van der Waals surface area contributed by atoms with Crippen LogP contribution in [0.25, 0.3) is 0 Å². The lowest BCUT2D eigenvalue weighted by molar-refractivity contribution is -0.112. The van der Waals surface area contributed by atoms with Crippen molar-refractivity contribution < 1.29 is 14.3 Å². The molecule has 0 spiro atoms. The monoisotopic (exact) mass is 317 g/mol.